The van der Waals surface area contributed by atoms with E-state index < -0.39 is 11.9 Å². The Morgan fingerprint density at radius 3 is 2.24 bits per heavy atom. The third-order valence-electron chi connectivity index (χ3n) is 4.18. The molecule has 0 atom stereocenters. The molecule has 5 nitrogen and oxygen atoms in total. The Bertz CT molecular complexity index is 756. The van der Waals surface area contributed by atoms with Crippen LogP contribution in [0.1, 0.15) is 12.6 Å². The van der Waals surface area contributed by atoms with E-state index in [1.807, 2.05) is 4.90 Å². The van der Waals surface area contributed by atoms with Gasteiger partial charge >= 0.3 is 6.18 Å². The molecule has 132 valence electrons. The average molecular weight is 350 g/mol. The van der Waals surface area contributed by atoms with Gasteiger partial charge in [-0.3, -0.25) is 4.79 Å². The summed E-state index contributed by atoms with van der Waals surface area (Å²) in [6.45, 7) is 3.54. The molecule has 0 spiro atoms. The van der Waals surface area contributed by atoms with Gasteiger partial charge < -0.3 is 9.80 Å². The van der Waals surface area contributed by atoms with Gasteiger partial charge in [0.25, 0.3) is 0 Å². The highest BCUT2D eigenvalue weighted by Gasteiger charge is 2.37. The Morgan fingerprint density at radius 1 is 1.04 bits per heavy atom. The van der Waals surface area contributed by atoms with Crippen LogP contribution in [0.25, 0.3) is 11.1 Å². The van der Waals surface area contributed by atoms with E-state index in [1.165, 1.54) is 13.0 Å². The molecule has 1 amide bonds. The lowest BCUT2D eigenvalue weighted by Crippen LogP contribution is -2.48. The zero-order valence-electron chi connectivity index (χ0n) is 13.6. The molecule has 0 radical (unpaired) electrons. The zero-order chi connectivity index (χ0) is 18.0. The number of alkyl halides is 3. The Balaban J connectivity index is 1.94. The van der Waals surface area contributed by atoms with Crippen molar-refractivity contribution < 1.29 is 18.0 Å². The lowest BCUT2D eigenvalue weighted by atomic mass is 10.0. The van der Waals surface area contributed by atoms with Crippen LogP contribution in [0, 0.1) is 0 Å². The highest BCUT2D eigenvalue weighted by molar-refractivity contribution is 5.74. The summed E-state index contributed by atoms with van der Waals surface area (Å²) in [5.74, 6) is 0.373. The predicted molar refractivity (Wildman–Crippen MR) is 86.9 cm³/mol. The van der Waals surface area contributed by atoms with E-state index in [-0.39, 0.29) is 11.5 Å². The molecule has 1 aromatic carbocycles. The second-order valence-corrected chi connectivity index (χ2v) is 5.82. The number of aromatic nitrogens is 2. The number of carbonyl (C=O) groups excluding carboxylic acids is 1. The minimum absolute atomic E-state index is 0.00657. The van der Waals surface area contributed by atoms with Crippen LogP contribution in [0.2, 0.25) is 0 Å². The Morgan fingerprint density at radius 2 is 1.68 bits per heavy atom. The fourth-order valence-electron chi connectivity index (χ4n) is 2.83. The largest absolute Gasteiger partial charge is 0.435 e. The van der Waals surface area contributed by atoms with Crippen molar-refractivity contribution in [1.29, 1.82) is 0 Å². The second kappa shape index (κ2) is 6.70. The molecule has 3 rings (SSSR count). The molecule has 2 aromatic rings. The van der Waals surface area contributed by atoms with Crippen molar-refractivity contribution in [3.05, 3.63) is 42.1 Å². The van der Waals surface area contributed by atoms with Crippen LogP contribution in [0.5, 0.6) is 0 Å². The molecule has 0 aliphatic carbocycles. The third-order valence-corrected chi connectivity index (χ3v) is 4.18. The number of nitrogens with zero attached hydrogens (tertiary/aromatic N) is 4. The maximum Gasteiger partial charge on any atom is 0.435 e. The summed E-state index contributed by atoms with van der Waals surface area (Å²) in [6.07, 6.45) is -4.58. The van der Waals surface area contributed by atoms with E-state index in [1.54, 1.807) is 35.2 Å². The van der Waals surface area contributed by atoms with Gasteiger partial charge in [-0.1, -0.05) is 30.3 Å². The number of halogens is 3. The molecule has 0 bridgehead atoms. The lowest BCUT2D eigenvalue weighted by molar-refractivity contribution is -0.141. The lowest BCUT2D eigenvalue weighted by Gasteiger charge is -2.34. The van der Waals surface area contributed by atoms with Gasteiger partial charge in [-0.05, 0) is 11.6 Å². The van der Waals surface area contributed by atoms with Crippen molar-refractivity contribution in [3.63, 3.8) is 0 Å². The number of hydrogen-bond donors (Lipinski definition) is 0. The van der Waals surface area contributed by atoms with Crippen molar-refractivity contribution in [3.8, 4) is 11.1 Å². The summed E-state index contributed by atoms with van der Waals surface area (Å²) in [7, 11) is 0. The van der Waals surface area contributed by atoms with E-state index in [4.69, 9.17) is 0 Å². The minimum atomic E-state index is -4.58. The molecule has 1 aromatic heterocycles. The average Bonchev–Trinajstić information content (AvgIpc) is 2.61. The van der Waals surface area contributed by atoms with Gasteiger partial charge in [-0.2, -0.15) is 13.2 Å². The molecule has 0 N–H and O–H groups in total. The smallest absolute Gasteiger partial charge is 0.352 e. The number of benzene rings is 1. The molecule has 25 heavy (non-hydrogen) atoms. The third kappa shape index (κ3) is 3.72. The van der Waals surface area contributed by atoms with Gasteiger partial charge in [-0.25, -0.2) is 0 Å². The standard InChI is InChI=1S/C17H17F3N4O/c1-12(25)23-7-9-24(10-8-23)15-11-14(13-5-3-2-4-6-13)16(22-21-15)17(18,19)20/h2-6,11H,7-10H2,1H3. The molecule has 0 saturated carbocycles. The summed E-state index contributed by atoms with van der Waals surface area (Å²) in [5, 5.41) is 7.24. The number of anilines is 1. The van der Waals surface area contributed by atoms with Crippen LogP contribution in [-0.2, 0) is 11.0 Å². The molecule has 1 aliphatic heterocycles. The first-order valence-electron chi connectivity index (χ1n) is 7.87. The van der Waals surface area contributed by atoms with Gasteiger partial charge in [0.1, 0.15) is 0 Å². The SMILES string of the molecule is CC(=O)N1CCN(c2cc(-c3ccccc3)c(C(F)(F)F)nn2)CC1. The minimum Gasteiger partial charge on any atom is -0.352 e. The summed E-state index contributed by atoms with van der Waals surface area (Å²) in [6, 6.07) is 9.76. The van der Waals surface area contributed by atoms with Gasteiger partial charge in [0.05, 0.1) is 0 Å². The van der Waals surface area contributed by atoms with E-state index in [2.05, 4.69) is 10.2 Å². The van der Waals surface area contributed by atoms with E-state index in [9.17, 15) is 18.0 Å². The first-order chi connectivity index (χ1) is 11.9. The van der Waals surface area contributed by atoms with Crippen LogP contribution in [0.3, 0.4) is 0 Å². The Hall–Kier alpha value is -2.64. The van der Waals surface area contributed by atoms with Crippen LogP contribution in [0.15, 0.2) is 36.4 Å². The molecule has 2 heterocycles. The summed E-state index contributed by atoms with van der Waals surface area (Å²) < 4.78 is 39.9. The molecule has 1 saturated heterocycles. The monoisotopic (exact) mass is 350 g/mol. The first kappa shape index (κ1) is 17.2. The van der Waals surface area contributed by atoms with E-state index >= 15 is 0 Å². The molecule has 1 fully saturated rings. The molecule has 0 unspecified atom stereocenters. The summed E-state index contributed by atoms with van der Waals surface area (Å²) >= 11 is 0. The van der Waals surface area contributed by atoms with Gasteiger partial charge in [-0.15, -0.1) is 10.2 Å². The molecular weight excluding hydrogens is 333 g/mol. The highest BCUT2D eigenvalue weighted by atomic mass is 19.4. The maximum absolute atomic E-state index is 13.3. The number of piperazine rings is 1. The summed E-state index contributed by atoms with van der Waals surface area (Å²) in [5.41, 5.74) is -0.551. The quantitative estimate of drug-likeness (QED) is 0.836. The van der Waals surface area contributed by atoms with Gasteiger partial charge in [0, 0.05) is 38.7 Å². The number of carbonyl (C=O) groups is 1. The first-order valence-corrected chi connectivity index (χ1v) is 7.87. The fraction of sp³-hybridized carbons (Fsp3) is 0.353. The normalized spacial score (nSPS) is 15.4. The zero-order valence-corrected chi connectivity index (χ0v) is 13.6. The molecule has 8 heteroatoms. The van der Waals surface area contributed by atoms with E-state index in [0.717, 1.165) is 0 Å². The Kier molecular flexibility index (Phi) is 4.61. The van der Waals surface area contributed by atoms with Crippen LogP contribution in [-0.4, -0.2) is 47.2 Å². The fourth-order valence-corrected chi connectivity index (χ4v) is 2.83. The number of hydrogen-bond acceptors (Lipinski definition) is 4. The van der Waals surface area contributed by atoms with Crippen molar-refractivity contribution in [2.24, 2.45) is 0 Å². The van der Waals surface area contributed by atoms with Crippen molar-refractivity contribution in [2.75, 3.05) is 31.1 Å². The second-order valence-electron chi connectivity index (χ2n) is 5.82. The summed E-state index contributed by atoms with van der Waals surface area (Å²) in [4.78, 5) is 14.9. The number of rotatable bonds is 2. The number of amides is 1. The highest BCUT2D eigenvalue weighted by Crippen LogP contribution is 2.36. The van der Waals surface area contributed by atoms with Crippen LogP contribution in [0.4, 0.5) is 19.0 Å². The van der Waals surface area contributed by atoms with Crippen LogP contribution < -0.4 is 4.90 Å². The Labute approximate surface area is 143 Å². The maximum atomic E-state index is 13.3. The van der Waals surface area contributed by atoms with Crippen molar-refractivity contribution in [2.45, 2.75) is 13.1 Å². The van der Waals surface area contributed by atoms with E-state index in [0.29, 0.717) is 37.6 Å². The van der Waals surface area contributed by atoms with Gasteiger partial charge in [0.2, 0.25) is 5.91 Å². The predicted octanol–water partition coefficient (Wildman–Crippen LogP) is 2.83. The topological polar surface area (TPSA) is 49.3 Å². The molecule has 1 aliphatic rings. The van der Waals surface area contributed by atoms with Crippen molar-refractivity contribution in [1.82, 2.24) is 15.1 Å². The van der Waals surface area contributed by atoms with Crippen molar-refractivity contribution >= 4 is 11.7 Å². The molecular formula is C17H17F3N4O. The van der Waals surface area contributed by atoms with Gasteiger partial charge in [0.15, 0.2) is 11.5 Å². The van der Waals surface area contributed by atoms with Crippen LogP contribution >= 0.6 is 0 Å².